The minimum atomic E-state index is -1.04. The second kappa shape index (κ2) is 9.77. The van der Waals surface area contributed by atoms with Crippen molar-refractivity contribution in [3.8, 4) is 0 Å². The van der Waals surface area contributed by atoms with E-state index in [9.17, 15) is 9.90 Å². The molecule has 4 nitrogen and oxygen atoms in total. The number of hydrogen-bond donors (Lipinski definition) is 3. The fraction of sp³-hybridized carbons (Fsp3) is 0.353. The minimum Gasteiger partial charge on any atom is -0.465 e. The van der Waals surface area contributed by atoms with E-state index >= 15 is 0 Å². The van der Waals surface area contributed by atoms with Crippen molar-refractivity contribution in [2.75, 3.05) is 5.32 Å². The highest BCUT2D eigenvalue weighted by Gasteiger charge is 2.12. The average molecular weight is 291 g/mol. The number of carbonyl (C=O) groups is 1. The van der Waals surface area contributed by atoms with Crippen LogP contribution < -0.4 is 5.32 Å². The quantitative estimate of drug-likeness (QED) is 0.702. The SMILES string of the molecule is C=CC(C)(O)CCC=C(C)C.O=C(O)Nc1ccccc1. The number of rotatable bonds is 5. The molecule has 1 aromatic rings. The van der Waals surface area contributed by atoms with E-state index in [0.29, 0.717) is 5.69 Å². The highest BCUT2D eigenvalue weighted by molar-refractivity contribution is 5.82. The lowest BCUT2D eigenvalue weighted by Gasteiger charge is -2.16. The third-order valence-electron chi connectivity index (χ3n) is 2.67. The van der Waals surface area contributed by atoms with Crippen molar-refractivity contribution >= 4 is 11.8 Å². The lowest BCUT2D eigenvalue weighted by Crippen LogP contribution is -2.19. The third-order valence-corrected chi connectivity index (χ3v) is 2.67. The fourth-order valence-electron chi connectivity index (χ4n) is 1.40. The molecule has 0 heterocycles. The maximum Gasteiger partial charge on any atom is 0.409 e. The summed E-state index contributed by atoms with van der Waals surface area (Å²) in [5.41, 5.74) is 1.19. The molecule has 0 fully saturated rings. The van der Waals surface area contributed by atoms with Crippen molar-refractivity contribution in [2.45, 2.75) is 39.2 Å². The Bertz CT molecular complexity index is 460. The number of aliphatic hydroxyl groups is 1. The van der Waals surface area contributed by atoms with Gasteiger partial charge in [-0.1, -0.05) is 35.9 Å². The number of para-hydroxylation sites is 1. The van der Waals surface area contributed by atoms with E-state index in [4.69, 9.17) is 5.11 Å². The molecule has 116 valence electrons. The van der Waals surface area contributed by atoms with Crippen LogP contribution in [0.5, 0.6) is 0 Å². The van der Waals surface area contributed by atoms with E-state index in [0.717, 1.165) is 12.8 Å². The first-order valence-corrected chi connectivity index (χ1v) is 6.81. The van der Waals surface area contributed by atoms with Gasteiger partial charge in [-0.2, -0.15) is 0 Å². The van der Waals surface area contributed by atoms with Gasteiger partial charge in [0.15, 0.2) is 0 Å². The predicted molar refractivity (Wildman–Crippen MR) is 87.6 cm³/mol. The van der Waals surface area contributed by atoms with Crippen LogP contribution >= 0.6 is 0 Å². The van der Waals surface area contributed by atoms with Crippen molar-refractivity contribution < 1.29 is 15.0 Å². The van der Waals surface area contributed by atoms with Gasteiger partial charge in [0, 0.05) is 5.69 Å². The number of anilines is 1. The molecule has 0 aliphatic carbocycles. The minimum absolute atomic E-state index is 0.593. The van der Waals surface area contributed by atoms with Crippen LogP contribution in [-0.4, -0.2) is 21.9 Å². The molecular formula is C17H25NO3. The van der Waals surface area contributed by atoms with Gasteiger partial charge in [-0.25, -0.2) is 4.79 Å². The largest absolute Gasteiger partial charge is 0.465 e. The second-order valence-corrected chi connectivity index (χ2v) is 5.18. The van der Waals surface area contributed by atoms with Gasteiger partial charge in [0.2, 0.25) is 0 Å². The molecule has 1 rings (SSSR count). The summed E-state index contributed by atoms with van der Waals surface area (Å²) in [4.78, 5) is 10.1. The molecule has 1 aromatic carbocycles. The molecule has 0 aliphatic rings. The van der Waals surface area contributed by atoms with Gasteiger partial charge in [0.05, 0.1) is 5.60 Å². The zero-order chi connectivity index (χ0) is 16.3. The van der Waals surface area contributed by atoms with Crippen LogP contribution in [0.3, 0.4) is 0 Å². The zero-order valence-corrected chi connectivity index (χ0v) is 13.0. The summed E-state index contributed by atoms with van der Waals surface area (Å²) < 4.78 is 0. The lowest BCUT2D eigenvalue weighted by atomic mass is 10.00. The topological polar surface area (TPSA) is 69.6 Å². The number of nitrogens with one attached hydrogen (secondary N) is 1. The van der Waals surface area contributed by atoms with Gasteiger partial charge >= 0.3 is 6.09 Å². The van der Waals surface area contributed by atoms with Gasteiger partial charge < -0.3 is 10.2 Å². The standard InChI is InChI=1S/C10H18O.C7H7NO2/c1-5-10(4,11)8-6-7-9(2)3;9-7(10)8-6-4-2-1-3-5-6/h5,7,11H,1,6,8H2,2-4H3;1-5,8H,(H,9,10). The number of amides is 1. The molecule has 0 radical (unpaired) electrons. The molecule has 0 saturated carbocycles. The van der Waals surface area contributed by atoms with Gasteiger partial charge in [0.1, 0.15) is 0 Å². The van der Waals surface area contributed by atoms with E-state index in [1.165, 1.54) is 5.57 Å². The van der Waals surface area contributed by atoms with E-state index in [2.05, 4.69) is 31.8 Å². The maximum atomic E-state index is 10.1. The summed E-state index contributed by atoms with van der Waals surface area (Å²) >= 11 is 0. The van der Waals surface area contributed by atoms with Crippen molar-refractivity contribution in [1.82, 2.24) is 0 Å². The van der Waals surface area contributed by atoms with Gasteiger partial charge in [0.25, 0.3) is 0 Å². The first-order valence-electron chi connectivity index (χ1n) is 6.81. The Hall–Kier alpha value is -2.07. The predicted octanol–water partition coefficient (Wildman–Crippen LogP) is 4.45. The second-order valence-electron chi connectivity index (χ2n) is 5.18. The number of hydrogen-bond acceptors (Lipinski definition) is 2. The Morgan fingerprint density at radius 3 is 2.33 bits per heavy atom. The summed E-state index contributed by atoms with van der Waals surface area (Å²) in [7, 11) is 0. The van der Waals surface area contributed by atoms with Crippen LogP contribution in [0.2, 0.25) is 0 Å². The number of benzene rings is 1. The molecule has 0 saturated heterocycles. The molecule has 0 aliphatic heterocycles. The van der Waals surface area contributed by atoms with Crippen molar-refractivity contribution in [1.29, 1.82) is 0 Å². The van der Waals surface area contributed by atoms with Crippen molar-refractivity contribution in [3.63, 3.8) is 0 Å². The highest BCUT2D eigenvalue weighted by atomic mass is 16.4. The van der Waals surface area contributed by atoms with Crippen LogP contribution in [0, 0.1) is 0 Å². The molecule has 0 bridgehead atoms. The smallest absolute Gasteiger partial charge is 0.409 e. The van der Waals surface area contributed by atoms with Crippen LogP contribution in [0.4, 0.5) is 10.5 Å². The molecule has 1 unspecified atom stereocenters. The van der Waals surface area contributed by atoms with Gasteiger partial charge in [-0.05, 0) is 45.7 Å². The summed E-state index contributed by atoms with van der Waals surface area (Å²) in [5, 5.41) is 20.0. The van der Waals surface area contributed by atoms with E-state index in [1.54, 1.807) is 37.3 Å². The van der Waals surface area contributed by atoms with E-state index in [-0.39, 0.29) is 0 Å². The maximum absolute atomic E-state index is 10.1. The van der Waals surface area contributed by atoms with E-state index in [1.807, 2.05) is 6.07 Å². The number of allylic oxidation sites excluding steroid dienone is 2. The molecule has 0 aromatic heterocycles. The first-order chi connectivity index (χ1) is 9.76. The molecule has 1 amide bonds. The van der Waals surface area contributed by atoms with Crippen LogP contribution in [0.25, 0.3) is 0 Å². The Kier molecular flexibility index (Phi) is 8.81. The molecule has 4 heteroatoms. The Morgan fingerprint density at radius 1 is 1.33 bits per heavy atom. The van der Waals surface area contributed by atoms with Crippen molar-refractivity contribution in [2.24, 2.45) is 0 Å². The van der Waals surface area contributed by atoms with Gasteiger partial charge in [-0.15, -0.1) is 6.58 Å². The summed E-state index contributed by atoms with van der Waals surface area (Å²) in [5.74, 6) is 0. The van der Waals surface area contributed by atoms with Crippen LogP contribution in [0.15, 0.2) is 54.6 Å². The Balaban J connectivity index is 0.000000382. The summed E-state index contributed by atoms with van der Waals surface area (Å²) in [6, 6.07) is 8.74. The average Bonchev–Trinajstić information content (AvgIpc) is 2.39. The van der Waals surface area contributed by atoms with Crippen LogP contribution in [-0.2, 0) is 0 Å². The summed E-state index contributed by atoms with van der Waals surface area (Å²) in [6.07, 6.45) is 4.35. The van der Waals surface area contributed by atoms with Gasteiger partial charge in [-0.3, -0.25) is 5.32 Å². The zero-order valence-electron chi connectivity index (χ0n) is 13.0. The molecule has 3 N–H and O–H groups in total. The first kappa shape index (κ1) is 18.9. The Morgan fingerprint density at radius 2 is 1.90 bits per heavy atom. The monoisotopic (exact) mass is 291 g/mol. The Labute approximate surface area is 126 Å². The normalized spacial score (nSPS) is 12.2. The third kappa shape index (κ3) is 11.5. The molecule has 1 atom stereocenters. The molecule has 21 heavy (non-hydrogen) atoms. The fourth-order valence-corrected chi connectivity index (χ4v) is 1.40. The van der Waals surface area contributed by atoms with Crippen molar-refractivity contribution in [3.05, 3.63) is 54.6 Å². The number of carboxylic acid groups (broad SMARTS) is 1. The molecule has 0 spiro atoms. The van der Waals surface area contributed by atoms with E-state index < -0.39 is 11.7 Å². The lowest BCUT2D eigenvalue weighted by molar-refractivity contribution is 0.103. The summed E-state index contributed by atoms with van der Waals surface area (Å²) in [6.45, 7) is 9.45. The molecular weight excluding hydrogens is 266 g/mol. The van der Waals surface area contributed by atoms with Crippen LogP contribution in [0.1, 0.15) is 33.6 Å². The highest BCUT2D eigenvalue weighted by Crippen LogP contribution is 2.13.